The lowest BCUT2D eigenvalue weighted by Gasteiger charge is -2.31. The predicted octanol–water partition coefficient (Wildman–Crippen LogP) is 4.63. The lowest BCUT2D eigenvalue weighted by atomic mass is 10.1. The summed E-state index contributed by atoms with van der Waals surface area (Å²) in [5.74, 6) is -0.165. The van der Waals surface area contributed by atoms with Crippen LogP contribution in [0.3, 0.4) is 0 Å². The van der Waals surface area contributed by atoms with Crippen LogP contribution in [0.1, 0.15) is 68.6 Å². The van der Waals surface area contributed by atoms with Gasteiger partial charge in [0.05, 0.1) is 34.5 Å². The molecule has 0 saturated carbocycles. The van der Waals surface area contributed by atoms with Crippen LogP contribution in [0.2, 0.25) is 0 Å². The number of ether oxygens (including phenoxy) is 1. The van der Waals surface area contributed by atoms with Gasteiger partial charge in [0.1, 0.15) is 22.7 Å². The molecule has 2 aromatic carbocycles. The van der Waals surface area contributed by atoms with E-state index < -0.39 is 5.91 Å². The van der Waals surface area contributed by atoms with Gasteiger partial charge >= 0.3 is 0 Å². The van der Waals surface area contributed by atoms with Crippen LogP contribution in [0, 0.1) is 20.8 Å². The maximum atomic E-state index is 14.5. The molecule has 0 atom stereocenters. The first-order valence-electron chi connectivity index (χ1n) is 18.0. The van der Waals surface area contributed by atoms with Crippen molar-refractivity contribution in [3.05, 3.63) is 88.5 Å². The number of hydrogen-bond acceptors (Lipinski definition) is 9. The van der Waals surface area contributed by atoms with E-state index in [4.69, 9.17) is 20.4 Å². The molecule has 0 aliphatic carbocycles. The van der Waals surface area contributed by atoms with E-state index in [1.807, 2.05) is 86.2 Å². The van der Waals surface area contributed by atoms with Crippen LogP contribution in [0.4, 0.5) is 11.9 Å². The number of aryl methyl sites for hydroxylation is 5. The number of allylic oxidation sites excluding steroid dienone is 2. The number of nitrogens with two attached hydrogens (primary N) is 1. The number of benzene rings is 2. The first-order chi connectivity index (χ1) is 26.0. The van der Waals surface area contributed by atoms with Crippen LogP contribution in [0.15, 0.2) is 54.6 Å². The number of imidazole rings is 2. The van der Waals surface area contributed by atoms with Crippen molar-refractivity contribution in [2.75, 3.05) is 30.5 Å². The Morgan fingerprint density at radius 3 is 2.24 bits per heavy atom. The zero-order valence-electron chi connectivity index (χ0n) is 31.3. The lowest BCUT2D eigenvalue weighted by Crippen LogP contribution is -2.47. The number of carbonyl (C=O) groups is 3. The Bertz CT molecular complexity index is 2450. The first-order valence-corrected chi connectivity index (χ1v) is 18.0. The van der Waals surface area contributed by atoms with Crippen LogP contribution in [0.25, 0.3) is 22.1 Å². The Labute approximate surface area is 311 Å². The Morgan fingerprint density at radius 1 is 0.852 bits per heavy atom. The van der Waals surface area contributed by atoms with E-state index in [1.165, 1.54) is 0 Å². The molecule has 280 valence electrons. The fourth-order valence-electron chi connectivity index (χ4n) is 6.86. The van der Waals surface area contributed by atoms with Gasteiger partial charge in [0, 0.05) is 45.3 Å². The second-order valence-electron chi connectivity index (χ2n) is 13.4. The summed E-state index contributed by atoms with van der Waals surface area (Å²) < 4.78 is 13.6. The molecule has 7 rings (SSSR count). The largest absolute Gasteiger partial charge is 0.491 e. The molecule has 1 aliphatic heterocycles. The Morgan fingerprint density at radius 2 is 1.54 bits per heavy atom. The quantitative estimate of drug-likeness (QED) is 0.231. The molecule has 3 N–H and O–H groups in total. The smallest absolute Gasteiger partial charge is 0.293 e. The topological polar surface area (TPSA) is 176 Å². The highest BCUT2D eigenvalue weighted by atomic mass is 16.5. The number of rotatable bonds is 6. The third-order valence-electron chi connectivity index (χ3n) is 9.40. The van der Waals surface area contributed by atoms with E-state index in [0.29, 0.717) is 66.7 Å². The van der Waals surface area contributed by atoms with Crippen molar-refractivity contribution in [3.8, 4) is 5.75 Å². The summed E-state index contributed by atoms with van der Waals surface area (Å²) in [6.45, 7) is 11.9. The van der Waals surface area contributed by atoms with Crippen molar-refractivity contribution >= 4 is 51.7 Å². The number of nitrogens with zero attached hydrogens (tertiary/aromatic N) is 10. The van der Waals surface area contributed by atoms with Crippen molar-refractivity contribution in [1.82, 2.24) is 43.7 Å². The molecule has 54 heavy (non-hydrogen) atoms. The van der Waals surface area contributed by atoms with Gasteiger partial charge in [0.25, 0.3) is 11.8 Å². The summed E-state index contributed by atoms with van der Waals surface area (Å²) in [6.07, 6.45) is 4.43. The summed E-state index contributed by atoms with van der Waals surface area (Å²) >= 11 is 0. The third-order valence-corrected chi connectivity index (χ3v) is 9.40. The van der Waals surface area contributed by atoms with Crippen LogP contribution in [-0.4, -0.2) is 81.6 Å². The van der Waals surface area contributed by atoms with Crippen molar-refractivity contribution < 1.29 is 19.1 Å². The summed E-state index contributed by atoms with van der Waals surface area (Å²) in [5.41, 5.74) is 12.0. The molecule has 16 heteroatoms. The first kappa shape index (κ1) is 36.1. The fraction of sp³-hybridized carbons (Fsp3) is 0.342. The maximum absolute atomic E-state index is 14.5. The number of carbonyl (C=O) groups excluding carboxylic acids is 3. The van der Waals surface area contributed by atoms with Crippen LogP contribution >= 0.6 is 0 Å². The van der Waals surface area contributed by atoms with Crippen molar-refractivity contribution in [2.24, 2.45) is 5.73 Å². The predicted molar refractivity (Wildman–Crippen MR) is 205 cm³/mol. The van der Waals surface area contributed by atoms with Gasteiger partial charge in [-0.25, -0.2) is 20.0 Å². The number of hydrogen-bond donors (Lipinski definition) is 2. The lowest BCUT2D eigenvalue weighted by molar-refractivity contribution is 0.0893. The van der Waals surface area contributed by atoms with Crippen LogP contribution in [-0.2, 0) is 26.2 Å². The summed E-state index contributed by atoms with van der Waals surface area (Å²) in [4.78, 5) is 50.4. The molecule has 0 unspecified atom stereocenters. The van der Waals surface area contributed by atoms with Gasteiger partial charge in [0.15, 0.2) is 0 Å². The standard InChI is InChI=1S/C38H44N12O4/c1-7-48-30(19-24(4)43-48)35(52)42-37-40-28-21-26(34(39)51)22-32-33(28)47(37)16-10-9-15-46-29-13-12-23(3)18-27(29)41-38(46)50(45(6)14-11-17-54-32)36(53)31-20-25(5)44-49(31)8-2/h9-10,12-13,18-22H,7-8,11,14-17H2,1-6H3,(H2,39,51)(H,40,42,52)/b10-9+. The van der Waals surface area contributed by atoms with E-state index in [0.717, 1.165) is 28.0 Å². The number of aromatic nitrogens is 8. The summed E-state index contributed by atoms with van der Waals surface area (Å²) in [7, 11) is 1.85. The van der Waals surface area contributed by atoms with Gasteiger partial charge in [-0.2, -0.15) is 10.2 Å². The number of amides is 3. The monoisotopic (exact) mass is 732 g/mol. The van der Waals surface area contributed by atoms with Gasteiger partial charge in [-0.05, 0) is 83.0 Å². The van der Waals surface area contributed by atoms with E-state index in [-0.39, 0.29) is 36.5 Å². The highest BCUT2D eigenvalue weighted by Crippen LogP contribution is 2.32. The number of hydrazine groups is 1. The van der Waals surface area contributed by atoms with Crippen LogP contribution in [0.5, 0.6) is 5.75 Å². The number of anilines is 2. The maximum Gasteiger partial charge on any atom is 0.293 e. The minimum absolute atomic E-state index is 0.220. The molecule has 0 bridgehead atoms. The van der Waals surface area contributed by atoms with Crippen molar-refractivity contribution in [1.29, 1.82) is 0 Å². The molecule has 0 saturated heterocycles. The molecule has 0 fully saturated rings. The second-order valence-corrected chi connectivity index (χ2v) is 13.4. The molecule has 5 heterocycles. The molecule has 3 amide bonds. The summed E-state index contributed by atoms with van der Waals surface area (Å²) in [5, 5.41) is 15.4. The molecular formula is C38H44N12O4. The van der Waals surface area contributed by atoms with Crippen molar-refractivity contribution in [2.45, 2.75) is 67.2 Å². The van der Waals surface area contributed by atoms with Gasteiger partial charge in [0.2, 0.25) is 17.8 Å². The van der Waals surface area contributed by atoms with Gasteiger partial charge < -0.3 is 19.6 Å². The van der Waals surface area contributed by atoms with E-state index >= 15 is 0 Å². The fourth-order valence-corrected chi connectivity index (χ4v) is 6.86. The van der Waals surface area contributed by atoms with E-state index in [2.05, 4.69) is 15.5 Å². The Balaban J connectivity index is 1.34. The van der Waals surface area contributed by atoms with Crippen LogP contribution < -0.4 is 20.8 Å². The molecule has 0 spiro atoms. The van der Waals surface area contributed by atoms with Gasteiger partial charge in [-0.3, -0.25) is 29.1 Å². The second kappa shape index (κ2) is 14.6. The molecule has 1 aliphatic rings. The molecule has 16 nitrogen and oxygen atoms in total. The SMILES string of the molecule is CCn1nc(C)cc1C(=O)Nc1nc2cc(C(N)=O)cc3c2n1C/C=C/Cn1c(nc2cc(C)ccc21)N(C(=O)c1cc(C)nn1CC)N(C)CCCO3. The van der Waals surface area contributed by atoms with Gasteiger partial charge in [-0.1, -0.05) is 18.2 Å². The number of primary amides is 1. The Hall–Kier alpha value is -6.29. The highest BCUT2D eigenvalue weighted by Gasteiger charge is 2.30. The third kappa shape index (κ3) is 6.71. The molecule has 0 radical (unpaired) electrons. The van der Waals surface area contributed by atoms with E-state index in [9.17, 15) is 14.4 Å². The average molecular weight is 733 g/mol. The van der Waals surface area contributed by atoms with Crippen molar-refractivity contribution in [3.63, 3.8) is 0 Å². The highest BCUT2D eigenvalue weighted by molar-refractivity contribution is 6.05. The molecule has 6 aromatic rings. The average Bonchev–Trinajstić information content (AvgIpc) is 3.90. The minimum atomic E-state index is -0.637. The molecular weight excluding hydrogens is 688 g/mol. The minimum Gasteiger partial charge on any atom is -0.491 e. The van der Waals surface area contributed by atoms with E-state index in [1.54, 1.807) is 38.6 Å². The molecule has 4 aromatic heterocycles. The van der Waals surface area contributed by atoms with Gasteiger partial charge in [-0.15, -0.1) is 0 Å². The zero-order chi connectivity index (χ0) is 38.3. The zero-order valence-corrected chi connectivity index (χ0v) is 31.3. The Kier molecular flexibility index (Phi) is 9.77. The number of nitrogens with one attached hydrogen (secondary N) is 1. The normalized spacial score (nSPS) is 14.7. The number of fused-ring (bicyclic) bond motifs is 3. The summed E-state index contributed by atoms with van der Waals surface area (Å²) in [6, 6.07) is 12.8.